The molecule has 11 nitrogen and oxygen atoms in total. The van der Waals surface area contributed by atoms with Gasteiger partial charge in [0.2, 0.25) is 5.76 Å². The van der Waals surface area contributed by atoms with Gasteiger partial charge in [0.05, 0.1) is 26.9 Å². The number of amides is 3. The molecule has 0 spiro atoms. The van der Waals surface area contributed by atoms with Gasteiger partial charge in [-0.15, -0.1) is 0 Å². The number of furan rings is 1. The van der Waals surface area contributed by atoms with Crippen molar-refractivity contribution in [2.24, 2.45) is 0 Å². The van der Waals surface area contributed by atoms with Crippen LogP contribution in [-0.2, 0) is 25.6 Å². The van der Waals surface area contributed by atoms with E-state index in [1.54, 1.807) is 26.0 Å². The van der Waals surface area contributed by atoms with E-state index in [2.05, 4.69) is 26.0 Å². The predicted octanol–water partition coefficient (Wildman–Crippen LogP) is 3.26. The monoisotopic (exact) mass is 550 g/mol. The van der Waals surface area contributed by atoms with Crippen molar-refractivity contribution >= 4 is 45.9 Å². The first-order valence-electron chi connectivity index (χ1n) is 10.5. The highest BCUT2D eigenvalue weighted by atomic mass is 79.9. The van der Waals surface area contributed by atoms with Gasteiger partial charge in [0.25, 0.3) is 5.91 Å². The number of urea groups is 1. The number of rotatable bonds is 10. The minimum absolute atomic E-state index is 0.0260. The SMILES string of the molecule is CCOC(=O)COc1cc(Br)c(/C=C2\NC(=O)N(Cc3ccc(C(=O)OC)o3)C2=O)cc1OCC. The molecule has 1 aromatic heterocycles. The molecule has 0 bridgehead atoms. The van der Waals surface area contributed by atoms with Crippen molar-refractivity contribution < 1.29 is 42.5 Å². The first-order chi connectivity index (χ1) is 16.8. The minimum Gasteiger partial charge on any atom is -0.490 e. The summed E-state index contributed by atoms with van der Waals surface area (Å²) in [5.74, 6) is -0.937. The molecule has 1 aromatic carbocycles. The lowest BCUT2D eigenvalue weighted by Crippen LogP contribution is -2.30. The molecule has 0 radical (unpaired) electrons. The summed E-state index contributed by atoms with van der Waals surface area (Å²) in [4.78, 5) is 49.4. The van der Waals surface area contributed by atoms with Crippen LogP contribution in [0.1, 0.15) is 35.7 Å². The Labute approximate surface area is 209 Å². The summed E-state index contributed by atoms with van der Waals surface area (Å²) in [5, 5.41) is 2.52. The zero-order valence-corrected chi connectivity index (χ0v) is 20.8. The molecule has 2 aromatic rings. The van der Waals surface area contributed by atoms with Gasteiger partial charge in [-0.3, -0.25) is 9.69 Å². The third-order valence-corrected chi connectivity index (χ3v) is 5.32. The summed E-state index contributed by atoms with van der Waals surface area (Å²) in [6, 6.07) is 5.43. The van der Waals surface area contributed by atoms with Gasteiger partial charge < -0.3 is 28.7 Å². The largest absolute Gasteiger partial charge is 0.490 e. The maximum Gasteiger partial charge on any atom is 0.373 e. The molecule has 2 heterocycles. The van der Waals surface area contributed by atoms with Crippen molar-refractivity contribution in [2.45, 2.75) is 20.4 Å². The van der Waals surface area contributed by atoms with Crippen LogP contribution in [0.4, 0.5) is 4.79 Å². The Morgan fingerprint density at radius 2 is 1.86 bits per heavy atom. The Hall–Kier alpha value is -3.80. The molecule has 3 amide bonds. The Morgan fingerprint density at radius 3 is 2.54 bits per heavy atom. The summed E-state index contributed by atoms with van der Waals surface area (Å²) in [6.45, 7) is 3.57. The van der Waals surface area contributed by atoms with Crippen molar-refractivity contribution in [1.82, 2.24) is 10.2 Å². The topological polar surface area (TPSA) is 134 Å². The fraction of sp³-hybridized carbons (Fsp3) is 0.304. The van der Waals surface area contributed by atoms with Crippen LogP contribution in [0, 0.1) is 0 Å². The smallest absolute Gasteiger partial charge is 0.373 e. The number of imide groups is 1. The lowest BCUT2D eigenvalue weighted by molar-refractivity contribution is -0.145. The zero-order valence-electron chi connectivity index (χ0n) is 19.2. The molecule has 186 valence electrons. The van der Waals surface area contributed by atoms with Crippen molar-refractivity contribution in [3.63, 3.8) is 0 Å². The van der Waals surface area contributed by atoms with Crippen LogP contribution < -0.4 is 14.8 Å². The summed E-state index contributed by atoms with van der Waals surface area (Å²) < 4.78 is 26.4. The standard InChI is InChI=1S/C23H23BrN2O9/c1-4-32-18-9-13(15(24)10-19(18)34-12-20(27)33-5-2)8-16-21(28)26(23(30)25-16)11-14-6-7-17(35-14)22(29)31-3/h6-10H,4-5,11-12H2,1-3H3,(H,25,30)/b16-8-. The summed E-state index contributed by atoms with van der Waals surface area (Å²) in [5.41, 5.74) is 0.548. The zero-order chi connectivity index (χ0) is 25.5. The Kier molecular flexibility index (Phi) is 8.53. The van der Waals surface area contributed by atoms with E-state index in [0.29, 0.717) is 28.1 Å². The number of methoxy groups -OCH3 is 1. The minimum atomic E-state index is -0.668. The number of nitrogens with one attached hydrogen (secondary N) is 1. The second-order valence-electron chi connectivity index (χ2n) is 6.98. The molecule has 0 atom stereocenters. The van der Waals surface area contributed by atoms with Crippen molar-refractivity contribution in [3.05, 3.63) is 51.5 Å². The number of hydrogen-bond acceptors (Lipinski definition) is 9. The molecule has 1 fully saturated rings. The molecule has 12 heteroatoms. The fourth-order valence-corrected chi connectivity index (χ4v) is 3.52. The first-order valence-corrected chi connectivity index (χ1v) is 11.3. The lowest BCUT2D eigenvalue weighted by atomic mass is 10.1. The van der Waals surface area contributed by atoms with Gasteiger partial charge in [-0.2, -0.15) is 0 Å². The van der Waals surface area contributed by atoms with Crippen molar-refractivity contribution in [2.75, 3.05) is 26.9 Å². The van der Waals surface area contributed by atoms with E-state index in [9.17, 15) is 19.2 Å². The number of carbonyl (C=O) groups is 4. The van der Waals surface area contributed by atoms with Crippen LogP contribution in [0.25, 0.3) is 6.08 Å². The van der Waals surface area contributed by atoms with E-state index in [1.807, 2.05) is 0 Å². The summed E-state index contributed by atoms with van der Waals surface area (Å²) in [7, 11) is 1.22. The predicted molar refractivity (Wildman–Crippen MR) is 125 cm³/mol. The van der Waals surface area contributed by atoms with Gasteiger partial charge in [0, 0.05) is 4.47 Å². The highest BCUT2D eigenvalue weighted by Crippen LogP contribution is 2.35. The summed E-state index contributed by atoms with van der Waals surface area (Å²) >= 11 is 3.41. The molecule has 0 unspecified atom stereocenters. The molecule has 1 N–H and O–H groups in total. The number of nitrogens with zero attached hydrogens (tertiary/aromatic N) is 1. The number of esters is 2. The third kappa shape index (κ3) is 6.21. The molecule has 1 saturated heterocycles. The van der Waals surface area contributed by atoms with Gasteiger partial charge in [-0.25, -0.2) is 14.4 Å². The van der Waals surface area contributed by atoms with Gasteiger partial charge in [-0.1, -0.05) is 15.9 Å². The Balaban J connectivity index is 1.80. The highest BCUT2D eigenvalue weighted by Gasteiger charge is 2.34. The van der Waals surface area contributed by atoms with E-state index in [-0.39, 0.29) is 37.0 Å². The molecule has 0 saturated carbocycles. The fourth-order valence-electron chi connectivity index (χ4n) is 3.08. The second-order valence-corrected chi connectivity index (χ2v) is 7.84. The Morgan fingerprint density at radius 1 is 1.11 bits per heavy atom. The van der Waals surface area contributed by atoms with Gasteiger partial charge >= 0.3 is 18.0 Å². The number of benzene rings is 1. The van der Waals surface area contributed by atoms with Gasteiger partial charge in [0.1, 0.15) is 11.5 Å². The molecule has 1 aliphatic rings. The van der Waals surface area contributed by atoms with E-state index in [0.717, 1.165) is 4.90 Å². The third-order valence-electron chi connectivity index (χ3n) is 4.64. The molecular formula is C23H23BrN2O9. The second kappa shape index (κ2) is 11.6. The van der Waals surface area contributed by atoms with E-state index in [4.69, 9.17) is 18.6 Å². The average Bonchev–Trinajstić information content (AvgIpc) is 3.40. The number of hydrogen-bond donors (Lipinski definition) is 1. The average molecular weight is 551 g/mol. The summed E-state index contributed by atoms with van der Waals surface area (Å²) in [6.07, 6.45) is 1.48. The highest BCUT2D eigenvalue weighted by molar-refractivity contribution is 9.10. The molecule has 3 rings (SSSR count). The lowest BCUT2D eigenvalue weighted by Gasteiger charge is -2.14. The maximum absolute atomic E-state index is 12.9. The number of halogens is 1. The van der Waals surface area contributed by atoms with Gasteiger partial charge in [0.15, 0.2) is 18.1 Å². The van der Waals surface area contributed by atoms with Gasteiger partial charge in [-0.05, 0) is 49.8 Å². The van der Waals surface area contributed by atoms with Crippen molar-refractivity contribution in [3.8, 4) is 11.5 Å². The van der Waals surface area contributed by atoms with E-state index in [1.165, 1.54) is 25.3 Å². The molecular weight excluding hydrogens is 528 g/mol. The van der Waals surface area contributed by atoms with Crippen LogP contribution in [0.2, 0.25) is 0 Å². The molecule has 1 aliphatic heterocycles. The molecule has 0 aliphatic carbocycles. The maximum atomic E-state index is 12.9. The molecule has 35 heavy (non-hydrogen) atoms. The van der Waals surface area contributed by atoms with Crippen LogP contribution in [0.3, 0.4) is 0 Å². The first kappa shape index (κ1) is 25.8. The number of carbonyl (C=O) groups excluding carboxylic acids is 4. The van der Waals surface area contributed by atoms with E-state index < -0.39 is 23.9 Å². The van der Waals surface area contributed by atoms with Crippen LogP contribution >= 0.6 is 15.9 Å². The van der Waals surface area contributed by atoms with Crippen LogP contribution in [0.5, 0.6) is 11.5 Å². The van der Waals surface area contributed by atoms with Crippen LogP contribution in [-0.4, -0.2) is 55.7 Å². The quantitative estimate of drug-likeness (QED) is 0.268. The van der Waals surface area contributed by atoms with Crippen LogP contribution in [0.15, 0.2) is 38.9 Å². The number of ether oxygens (including phenoxy) is 4. The normalized spacial score (nSPS) is 14.2. The van der Waals surface area contributed by atoms with Crippen molar-refractivity contribution in [1.29, 1.82) is 0 Å². The Bertz CT molecular complexity index is 1170. The van der Waals surface area contributed by atoms with E-state index >= 15 is 0 Å².